The summed E-state index contributed by atoms with van der Waals surface area (Å²) >= 11 is 5.98. The molecule has 0 aliphatic carbocycles. The monoisotopic (exact) mass is 587 g/mol. The first-order chi connectivity index (χ1) is 17.9. The minimum atomic E-state index is -3.62. The largest absolute Gasteiger partial charge is 0.491 e. The molecule has 2 heterocycles. The van der Waals surface area contributed by atoms with Crippen LogP contribution >= 0.6 is 11.6 Å². The number of rotatable bonds is 10. The Balaban J connectivity index is 1.23. The first kappa shape index (κ1) is 29.2. The Morgan fingerprint density at radius 1 is 1.13 bits per heavy atom. The van der Waals surface area contributed by atoms with Crippen LogP contribution in [0.25, 0.3) is 0 Å². The summed E-state index contributed by atoms with van der Waals surface area (Å²) in [5, 5.41) is 14.1. The molecule has 10 nitrogen and oxygen atoms in total. The number of sulfonamides is 2. The van der Waals surface area contributed by atoms with Crippen molar-refractivity contribution in [1.82, 2.24) is 13.9 Å². The second-order valence-corrected chi connectivity index (χ2v) is 14.4. The first-order valence-electron chi connectivity index (χ1n) is 12.4. The predicted octanol–water partition coefficient (Wildman–Crippen LogP) is 1.93. The fraction of sp³-hybridized carbons (Fsp3) is 0.520. The highest BCUT2D eigenvalue weighted by molar-refractivity contribution is 7.89. The summed E-state index contributed by atoms with van der Waals surface area (Å²) in [5.74, 6) is 0.356. The molecule has 13 heteroatoms. The molecule has 38 heavy (non-hydrogen) atoms. The number of aliphatic hydroxyl groups excluding tert-OH is 1. The van der Waals surface area contributed by atoms with Crippen LogP contribution in [0.4, 0.5) is 0 Å². The summed E-state index contributed by atoms with van der Waals surface area (Å²) in [6.45, 7) is 1.46. The van der Waals surface area contributed by atoms with E-state index in [-0.39, 0.29) is 29.0 Å². The molecule has 2 saturated heterocycles. The van der Waals surface area contributed by atoms with Crippen molar-refractivity contribution in [2.75, 3.05) is 46.9 Å². The van der Waals surface area contributed by atoms with Gasteiger partial charge in [0.1, 0.15) is 18.5 Å². The van der Waals surface area contributed by atoms with E-state index in [1.54, 1.807) is 30.3 Å². The lowest BCUT2D eigenvalue weighted by Gasteiger charge is -2.38. The average molecular weight is 588 g/mol. The quantitative estimate of drug-likeness (QED) is 0.432. The number of ether oxygens (including phenoxy) is 2. The third-order valence-corrected chi connectivity index (χ3v) is 10.9. The van der Waals surface area contributed by atoms with Gasteiger partial charge in [-0.1, -0.05) is 23.7 Å². The fourth-order valence-electron chi connectivity index (χ4n) is 4.72. The molecule has 2 N–H and O–H groups in total. The Bertz CT molecular complexity index is 1330. The third kappa shape index (κ3) is 6.68. The van der Waals surface area contributed by atoms with Crippen LogP contribution in [0.2, 0.25) is 5.02 Å². The summed E-state index contributed by atoms with van der Waals surface area (Å²) in [4.78, 5) is 0.308. The van der Waals surface area contributed by atoms with Gasteiger partial charge in [-0.3, -0.25) is 0 Å². The number of aliphatic hydroxyl groups is 1. The Labute approximate surface area is 229 Å². The van der Waals surface area contributed by atoms with Crippen molar-refractivity contribution in [3.05, 3.63) is 53.6 Å². The van der Waals surface area contributed by atoms with Gasteiger partial charge in [0.2, 0.25) is 20.0 Å². The van der Waals surface area contributed by atoms with Crippen LogP contribution in [0.5, 0.6) is 5.75 Å². The molecule has 0 saturated carbocycles. The van der Waals surface area contributed by atoms with Crippen LogP contribution in [-0.2, 0) is 24.8 Å². The van der Waals surface area contributed by atoms with Gasteiger partial charge in [0, 0.05) is 50.9 Å². The summed E-state index contributed by atoms with van der Waals surface area (Å²) in [5.41, 5.74) is -0.391. The first-order valence-corrected chi connectivity index (χ1v) is 15.6. The molecule has 210 valence electrons. The van der Waals surface area contributed by atoms with Crippen LogP contribution in [0.1, 0.15) is 19.3 Å². The lowest BCUT2D eigenvalue weighted by atomic mass is 9.88. The summed E-state index contributed by atoms with van der Waals surface area (Å²) in [6.07, 6.45) is 1.08. The van der Waals surface area contributed by atoms with Crippen molar-refractivity contribution in [3.63, 3.8) is 0 Å². The van der Waals surface area contributed by atoms with E-state index in [9.17, 15) is 21.9 Å². The van der Waals surface area contributed by atoms with Crippen LogP contribution in [0.3, 0.4) is 0 Å². The Hall–Kier alpha value is -1.77. The van der Waals surface area contributed by atoms with Crippen molar-refractivity contribution in [1.29, 1.82) is 0 Å². The van der Waals surface area contributed by atoms with E-state index >= 15 is 0 Å². The van der Waals surface area contributed by atoms with Gasteiger partial charge in [-0.25, -0.2) is 21.1 Å². The van der Waals surface area contributed by atoms with Crippen molar-refractivity contribution in [2.24, 2.45) is 0 Å². The van der Waals surface area contributed by atoms with Gasteiger partial charge in [0.05, 0.1) is 22.0 Å². The lowest BCUT2D eigenvalue weighted by Crippen LogP contribution is -2.47. The van der Waals surface area contributed by atoms with Gasteiger partial charge < -0.3 is 19.9 Å². The molecule has 2 aromatic rings. The highest BCUT2D eigenvalue weighted by Gasteiger charge is 2.44. The van der Waals surface area contributed by atoms with Crippen LogP contribution in [0, 0.1) is 0 Å². The molecule has 2 unspecified atom stereocenters. The molecule has 0 bridgehead atoms. The smallest absolute Gasteiger partial charge is 0.243 e. The Kier molecular flexibility index (Phi) is 9.05. The number of hydrogen-bond acceptors (Lipinski definition) is 8. The fourth-order valence-corrected chi connectivity index (χ4v) is 7.40. The van der Waals surface area contributed by atoms with E-state index < -0.39 is 31.8 Å². The SMILES string of the molecule is CN(C)S(=O)(=O)c1cccc(OCC(O)CNC2COC3(CCN(S(=O)(=O)c4cccc(Cl)c4)CC3)C2)c1. The standard InChI is InChI=1S/C25H34ClN3O7S2/c1-28(2)37(31,32)24-8-4-6-22(14-24)35-18-21(30)16-27-20-15-25(36-17-20)9-11-29(12-10-25)38(33,34)23-7-3-5-19(26)13-23/h3-8,13-14,20-21,27,30H,9-12,15-18H2,1-2H3. The van der Waals surface area contributed by atoms with E-state index in [0.29, 0.717) is 43.3 Å². The van der Waals surface area contributed by atoms with Crippen molar-refractivity contribution in [3.8, 4) is 5.75 Å². The molecular formula is C25H34ClN3O7S2. The zero-order valence-corrected chi connectivity index (χ0v) is 23.8. The van der Waals surface area contributed by atoms with E-state index in [2.05, 4.69) is 5.32 Å². The average Bonchev–Trinajstić information content (AvgIpc) is 3.28. The molecule has 2 fully saturated rings. The van der Waals surface area contributed by atoms with E-state index in [0.717, 1.165) is 10.7 Å². The maximum atomic E-state index is 13.0. The number of hydrogen-bond donors (Lipinski definition) is 2. The molecule has 0 aromatic heterocycles. The van der Waals surface area contributed by atoms with Crippen LogP contribution in [0.15, 0.2) is 58.3 Å². The van der Waals surface area contributed by atoms with Gasteiger partial charge in [-0.2, -0.15) is 4.31 Å². The summed E-state index contributed by atoms with van der Waals surface area (Å²) in [6, 6.07) is 12.5. The predicted molar refractivity (Wildman–Crippen MR) is 143 cm³/mol. The van der Waals surface area contributed by atoms with Gasteiger partial charge >= 0.3 is 0 Å². The minimum Gasteiger partial charge on any atom is -0.491 e. The van der Waals surface area contributed by atoms with Gasteiger partial charge in [-0.15, -0.1) is 0 Å². The Morgan fingerprint density at radius 2 is 1.82 bits per heavy atom. The zero-order chi connectivity index (χ0) is 27.6. The van der Waals surface area contributed by atoms with Gasteiger partial charge in [-0.05, 0) is 49.6 Å². The molecule has 1 spiro atoms. The third-order valence-electron chi connectivity index (χ3n) is 6.95. The van der Waals surface area contributed by atoms with Crippen LogP contribution in [-0.4, -0.2) is 95.2 Å². The van der Waals surface area contributed by atoms with E-state index in [1.807, 2.05) is 0 Å². The molecule has 2 atom stereocenters. The van der Waals surface area contributed by atoms with Gasteiger partial charge in [0.25, 0.3) is 0 Å². The summed E-state index contributed by atoms with van der Waals surface area (Å²) < 4.78 is 64.9. The number of piperidine rings is 1. The summed E-state index contributed by atoms with van der Waals surface area (Å²) in [7, 11) is -4.27. The Morgan fingerprint density at radius 3 is 2.50 bits per heavy atom. The lowest BCUT2D eigenvalue weighted by molar-refractivity contribution is -0.0312. The molecule has 4 rings (SSSR count). The zero-order valence-electron chi connectivity index (χ0n) is 21.4. The highest BCUT2D eigenvalue weighted by Crippen LogP contribution is 2.37. The van der Waals surface area contributed by atoms with Gasteiger partial charge in [0.15, 0.2) is 0 Å². The van der Waals surface area contributed by atoms with Crippen molar-refractivity contribution >= 4 is 31.6 Å². The number of nitrogens with zero attached hydrogens (tertiary/aromatic N) is 2. The number of halogens is 1. The van der Waals surface area contributed by atoms with Crippen molar-refractivity contribution in [2.45, 2.75) is 46.8 Å². The molecular weight excluding hydrogens is 554 g/mol. The maximum absolute atomic E-state index is 13.0. The molecule has 2 aliphatic heterocycles. The second-order valence-electron chi connectivity index (χ2n) is 9.89. The number of benzene rings is 2. The highest BCUT2D eigenvalue weighted by atomic mass is 35.5. The van der Waals surface area contributed by atoms with Crippen LogP contribution < -0.4 is 10.1 Å². The van der Waals surface area contributed by atoms with E-state index in [4.69, 9.17) is 21.1 Å². The molecule has 2 aromatic carbocycles. The second kappa shape index (κ2) is 11.8. The molecule has 2 aliphatic rings. The maximum Gasteiger partial charge on any atom is 0.243 e. The molecule has 0 amide bonds. The minimum absolute atomic E-state index is 0.00644. The normalized spacial score (nSPS) is 21.1. The molecule has 0 radical (unpaired) electrons. The van der Waals surface area contributed by atoms with E-state index in [1.165, 1.54) is 36.6 Å². The number of nitrogens with one attached hydrogen (secondary N) is 1. The topological polar surface area (TPSA) is 125 Å². The van der Waals surface area contributed by atoms with Crippen molar-refractivity contribution < 1.29 is 31.4 Å².